The van der Waals surface area contributed by atoms with Crippen molar-refractivity contribution in [3.63, 3.8) is 0 Å². The highest BCUT2D eigenvalue weighted by Gasteiger charge is 2.67. The molecule has 0 radical (unpaired) electrons. The second-order valence-corrected chi connectivity index (χ2v) is 14.9. The van der Waals surface area contributed by atoms with Crippen LogP contribution in [0.5, 0.6) is 0 Å². The summed E-state index contributed by atoms with van der Waals surface area (Å²) in [4.78, 5) is 12.3. The number of hydrogen-bond donors (Lipinski definition) is 4. The maximum Gasteiger partial charge on any atom is 0.220 e. The third-order valence-electron chi connectivity index (χ3n) is 11.6. The van der Waals surface area contributed by atoms with Crippen LogP contribution in [0.4, 0.5) is 0 Å². The third kappa shape index (κ3) is 5.37. The molecular formula is C28H48NO7S-. The minimum atomic E-state index is -4.35. The van der Waals surface area contributed by atoms with Gasteiger partial charge < -0.3 is 25.2 Å². The molecule has 4 N–H and O–H groups in total. The molecule has 0 bridgehead atoms. The Morgan fingerprint density at radius 2 is 1.81 bits per heavy atom. The smallest absolute Gasteiger partial charge is 0.220 e. The summed E-state index contributed by atoms with van der Waals surface area (Å²) in [6.07, 6.45) is 5.62. The number of hydrogen-bond acceptors (Lipinski definition) is 7. The highest BCUT2D eigenvalue weighted by Crippen LogP contribution is 2.69. The Balaban J connectivity index is 1.48. The summed E-state index contributed by atoms with van der Waals surface area (Å²) in [5.41, 5.74) is -0.201. The Hall–Kier alpha value is -0.740. The van der Waals surface area contributed by atoms with Gasteiger partial charge in [-0.2, -0.15) is 0 Å². The summed E-state index contributed by atoms with van der Waals surface area (Å²) in [6.45, 7) is 8.75. The first kappa shape index (κ1) is 29.2. The van der Waals surface area contributed by atoms with Gasteiger partial charge in [0.2, 0.25) is 5.91 Å². The zero-order valence-electron chi connectivity index (χ0n) is 22.9. The van der Waals surface area contributed by atoms with Crippen LogP contribution in [0.1, 0.15) is 85.5 Å². The van der Waals surface area contributed by atoms with E-state index in [1.807, 2.05) is 0 Å². The standard InChI is InChI=1S/C28H49NO7S/c1-5-18-21-14-17(30)10-11-27(21,3)25-22(31)15-28(4)19(7-8-20(28)24(25)26(18)33)16(2)6-9-23(32)29-12-13-37(34,35)36/h16-22,24-26,30-31,33H,5-15H2,1-4H3,(H,29,32)(H,34,35,36)/p-1/t16-,17-,18-,19-,20+,21+,22+,24+,25+,26-,27+,28-/m1/s1. The van der Waals surface area contributed by atoms with Gasteiger partial charge in [-0.25, -0.2) is 8.42 Å². The highest BCUT2D eigenvalue weighted by molar-refractivity contribution is 7.85. The number of aliphatic hydroxyl groups is 3. The SMILES string of the molecule is CC[C@H]1[C@@H](O)[C@@H]2[C@H]([C@@H](O)C[C@]3(C)[C@@H]([C@H](C)CCC(=O)NCCS(=O)(=O)[O-])CC[C@@H]23)[C@@]2(C)CC[C@@H](O)C[C@@H]12. The van der Waals surface area contributed by atoms with Gasteiger partial charge in [-0.15, -0.1) is 0 Å². The average Bonchev–Trinajstić information content (AvgIpc) is 3.14. The second-order valence-electron chi connectivity index (χ2n) is 13.4. The van der Waals surface area contributed by atoms with Crippen LogP contribution in [0, 0.1) is 52.3 Å². The summed E-state index contributed by atoms with van der Waals surface area (Å²) in [7, 11) is -4.35. The van der Waals surface area contributed by atoms with Crippen LogP contribution in [0.2, 0.25) is 0 Å². The molecule has 0 aromatic heterocycles. The van der Waals surface area contributed by atoms with E-state index in [0.29, 0.717) is 31.1 Å². The fourth-order valence-corrected chi connectivity index (χ4v) is 10.4. The van der Waals surface area contributed by atoms with Crippen molar-refractivity contribution in [3.05, 3.63) is 0 Å². The monoisotopic (exact) mass is 542 g/mol. The Morgan fingerprint density at radius 1 is 1.11 bits per heavy atom. The Morgan fingerprint density at radius 3 is 2.46 bits per heavy atom. The van der Waals surface area contributed by atoms with E-state index in [2.05, 4.69) is 33.0 Å². The van der Waals surface area contributed by atoms with Gasteiger partial charge in [-0.05, 0) is 97.2 Å². The van der Waals surface area contributed by atoms with Crippen LogP contribution in [-0.4, -0.2) is 64.8 Å². The summed E-state index contributed by atoms with van der Waals surface area (Å²) >= 11 is 0. The number of aliphatic hydroxyl groups excluding tert-OH is 3. The van der Waals surface area contributed by atoms with Gasteiger partial charge in [-0.1, -0.05) is 34.1 Å². The van der Waals surface area contributed by atoms with Crippen molar-refractivity contribution in [2.75, 3.05) is 12.3 Å². The van der Waals surface area contributed by atoms with Gasteiger partial charge in [-0.3, -0.25) is 4.79 Å². The van der Waals surface area contributed by atoms with Gasteiger partial charge in [0.15, 0.2) is 0 Å². The minimum Gasteiger partial charge on any atom is -0.748 e. The molecule has 4 rings (SSSR count). The normalized spacial score (nSPS) is 46.4. The van der Waals surface area contributed by atoms with Crippen LogP contribution in [0.3, 0.4) is 0 Å². The molecule has 0 spiro atoms. The van der Waals surface area contributed by atoms with Gasteiger partial charge in [0.05, 0.1) is 34.2 Å². The van der Waals surface area contributed by atoms with Gasteiger partial charge >= 0.3 is 0 Å². The Labute approximate surface area is 222 Å². The molecule has 214 valence electrons. The zero-order chi connectivity index (χ0) is 27.3. The minimum absolute atomic E-state index is 0.0398. The first-order chi connectivity index (χ1) is 17.2. The van der Waals surface area contributed by atoms with Crippen molar-refractivity contribution in [2.24, 2.45) is 52.3 Å². The van der Waals surface area contributed by atoms with Crippen LogP contribution in [0.25, 0.3) is 0 Å². The molecule has 0 aromatic carbocycles. The zero-order valence-corrected chi connectivity index (χ0v) is 23.8. The maximum absolute atomic E-state index is 12.3. The topological polar surface area (TPSA) is 147 Å². The summed E-state index contributed by atoms with van der Waals surface area (Å²) in [6, 6.07) is 0. The molecule has 4 saturated carbocycles. The predicted octanol–water partition coefficient (Wildman–Crippen LogP) is 2.66. The summed E-state index contributed by atoms with van der Waals surface area (Å²) in [5, 5.41) is 36.6. The van der Waals surface area contributed by atoms with Crippen LogP contribution >= 0.6 is 0 Å². The number of carbonyl (C=O) groups excluding carboxylic acids is 1. The molecule has 4 aliphatic rings. The van der Waals surface area contributed by atoms with Crippen molar-refractivity contribution >= 4 is 16.0 Å². The lowest BCUT2D eigenvalue weighted by Gasteiger charge is -2.66. The summed E-state index contributed by atoms with van der Waals surface area (Å²) in [5.74, 6) is 0.484. The predicted molar refractivity (Wildman–Crippen MR) is 139 cm³/mol. The van der Waals surface area contributed by atoms with Gasteiger partial charge in [0.1, 0.15) is 0 Å². The van der Waals surface area contributed by atoms with E-state index in [0.717, 1.165) is 32.1 Å². The molecule has 12 atom stereocenters. The Kier molecular flexibility index (Phi) is 8.44. The van der Waals surface area contributed by atoms with Gasteiger partial charge in [0.25, 0.3) is 0 Å². The lowest BCUT2D eigenvalue weighted by atomic mass is 9.40. The van der Waals surface area contributed by atoms with Crippen molar-refractivity contribution in [2.45, 2.75) is 104 Å². The number of carbonyl (C=O) groups is 1. The highest BCUT2D eigenvalue weighted by atomic mass is 32.2. The molecule has 0 aromatic rings. The van der Waals surface area contributed by atoms with Crippen molar-refractivity contribution in [3.8, 4) is 0 Å². The fourth-order valence-electron chi connectivity index (χ4n) is 10.0. The van der Waals surface area contributed by atoms with E-state index in [1.54, 1.807) is 0 Å². The van der Waals surface area contributed by atoms with Crippen LogP contribution in [0.15, 0.2) is 0 Å². The first-order valence-electron chi connectivity index (χ1n) is 14.5. The molecule has 4 aliphatic carbocycles. The molecule has 0 saturated heterocycles. The molecular weight excluding hydrogens is 494 g/mol. The molecule has 8 nitrogen and oxygen atoms in total. The van der Waals surface area contributed by atoms with E-state index in [9.17, 15) is 33.1 Å². The molecule has 1 amide bonds. The van der Waals surface area contributed by atoms with E-state index >= 15 is 0 Å². The van der Waals surface area contributed by atoms with Gasteiger partial charge in [0, 0.05) is 13.0 Å². The van der Waals surface area contributed by atoms with Crippen molar-refractivity contribution in [1.29, 1.82) is 0 Å². The van der Waals surface area contributed by atoms with Crippen LogP contribution < -0.4 is 5.32 Å². The lowest BCUT2D eigenvalue weighted by Crippen LogP contribution is -2.65. The van der Waals surface area contributed by atoms with E-state index in [-0.39, 0.29) is 65.4 Å². The quantitative estimate of drug-likeness (QED) is 0.345. The molecule has 4 fully saturated rings. The van der Waals surface area contributed by atoms with Crippen LogP contribution in [-0.2, 0) is 14.9 Å². The second kappa shape index (κ2) is 10.7. The number of fused-ring (bicyclic) bond motifs is 5. The van der Waals surface area contributed by atoms with Crippen molar-refractivity contribution < 1.29 is 33.1 Å². The molecule has 9 heteroatoms. The lowest BCUT2D eigenvalue weighted by molar-refractivity contribution is -0.235. The first-order valence-corrected chi connectivity index (χ1v) is 16.0. The fraction of sp³-hybridized carbons (Fsp3) is 0.964. The third-order valence-corrected chi connectivity index (χ3v) is 12.3. The molecule has 0 aliphatic heterocycles. The van der Waals surface area contributed by atoms with E-state index < -0.39 is 28.1 Å². The number of amides is 1. The summed E-state index contributed by atoms with van der Waals surface area (Å²) < 4.78 is 32.3. The van der Waals surface area contributed by atoms with E-state index in [4.69, 9.17) is 0 Å². The molecule has 0 heterocycles. The number of nitrogens with one attached hydrogen (secondary N) is 1. The van der Waals surface area contributed by atoms with Crippen molar-refractivity contribution in [1.82, 2.24) is 5.32 Å². The largest absolute Gasteiger partial charge is 0.748 e. The maximum atomic E-state index is 12.3. The number of rotatable bonds is 8. The molecule has 37 heavy (non-hydrogen) atoms. The van der Waals surface area contributed by atoms with E-state index in [1.165, 1.54) is 0 Å². The molecule has 0 unspecified atom stereocenters. The Bertz CT molecular complexity index is 943. The average molecular weight is 543 g/mol.